The number of carbonyl (C=O) groups excluding carboxylic acids is 1. The largest absolute Gasteiger partial charge is 0.338 e. The molecule has 2 amide bonds. The summed E-state index contributed by atoms with van der Waals surface area (Å²) in [7, 11) is 0. The third kappa shape index (κ3) is 4.19. The maximum atomic E-state index is 12.8. The van der Waals surface area contributed by atoms with Gasteiger partial charge in [0.2, 0.25) is 0 Å². The summed E-state index contributed by atoms with van der Waals surface area (Å²) in [5, 5.41) is 5.19. The van der Waals surface area contributed by atoms with Gasteiger partial charge in [0, 0.05) is 13.1 Å². The van der Waals surface area contributed by atoms with Gasteiger partial charge in [0.25, 0.3) is 0 Å². The maximum Gasteiger partial charge on any atom is 0.314 e. The fourth-order valence-corrected chi connectivity index (χ4v) is 2.12. The molecular weight excluding hydrogens is 250 g/mol. The molecule has 19 heavy (non-hydrogen) atoms. The highest BCUT2D eigenvalue weighted by molar-refractivity contribution is 5.73. The average Bonchev–Trinajstić information content (AvgIpc) is 3.17. The van der Waals surface area contributed by atoms with E-state index in [4.69, 9.17) is 0 Å². The van der Waals surface area contributed by atoms with E-state index in [9.17, 15) is 13.6 Å². The van der Waals surface area contributed by atoms with Crippen molar-refractivity contribution in [2.24, 2.45) is 5.41 Å². The summed E-state index contributed by atoms with van der Waals surface area (Å²) >= 11 is 0. The van der Waals surface area contributed by atoms with Crippen LogP contribution in [-0.4, -0.2) is 25.8 Å². The van der Waals surface area contributed by atoms with Gasteiger partial charge >= 0.3 is 6.03 Å². The normalized spacial score (nSPS) is 15.9. The van der Waals surface area contributed by atoms with E-state index in [1.54, 1.807) is 12.1 Å². The highest BCUT2D eigenvalue weighted by Gasteiger charge is 2.42. The summed E-state index contributed by atoms with van der Waals surface area (Å²) < 4.78 is 24.7. The summed E-state index contributed by atoms with van der Waals surface area (Å²) in [5.41, 5.74) is 1.16. The Morgan fingerprint density at radius 1 is 1.21 bits per heavy atom. The van der Waals surface area contributed by atoms with Crippen molar-refractivity contribution in [1.82, 2.24) is 10.6 Å². The highest BCUT2D eigenvalue weighted by Crippen LogP contribution is 2.47. The van der Waals surface area contributed by atoms with Gasteiger partial charge in [-0.2, -0.15) is 0 Å². The quantitative estimate of drug-likeness (QED) is 0.817. The first-order valence-electron chi connectivity index (χ1n) is 6.46. The van der Waals surface area contributed by atoms with Crippen LogP contribution in [0.25, 0.3) is 0 Å². The first-order valence-corrected chi connectivity index (χ1v) is 6.46. The zero-order valence-corrected chi connectivity index (χ0v) is 10.7. The molecule has 0 unspecified atom stereocenters. The first kappa shape index (κ1) is 13.8. The summed E-state index contributed by atoms with van der Waals surface area (Å²) in [5.74, 6) is -0.239. The maximum absolute atomic E-state index is 12.8. The van der Waals surface area contributed by atoms with E-state index in [0.717, 1.165) is 24.8 Å². The molecule has 0 aromatic heterocycles. The Balaban J connectivity index is 1.79. The van der Waals surface area contributed by atoms with Gasteiger partial charge in [-0.1, -0.05) is 12.1 Å². The third-order valence-corrected chi connectivity index (χ3v) is 3.45. The Morgan fingerprint density at radius 2 is 1.89 bits per heavy atom. The number of urea groups is 1. The number of benzene rings is 1. The molecule has 1 aliphatic rings. The lowest BCUT2D eigenvalue weighted by atomic mass is 9.96. The summed E-state index contributed by atoms with van der Waals surface area (Å²) in [6.45, 7) is 0.0490. The van der Waals surface area contributed by atoms with Crippen molar-refractivity contribution in [3.05, 3.63) is 35.6 Å². The lowest BCUT2D eigenvalue weighted by Gasteiger charge is -2.16. The second-order valence-corrected chi connectivity index (χ2v) is 5.10. The second-order valence-electron chi connectivity index (χ2n) is 5.10. The molecule has 2 rings (SSSR count). The number of alkyl halides is 1. The fraction of sp³-hybridized carbons (Fsp3) is 0.500. The van der Waals surface area contributed by atoms with Crippen LogP contribution >= 0.6 is 0 Å². The molecule has 1 fully saturated rings. The molecule has 1 aromatic rings. The molecule has 104 valence electrons. The van der Waals surface area contributed by atoms with Gasteiger partial charge in [0.15, 0.2) is 0 Å². The van der Waals surface area contributed by atoms with Crippen molar-refractivity contribution in [2.75, 3.05) is 19.8 Å². The van der Waals surface area contributed by atoms with Crippen LogP contribution in [-0.2, 0) is 6.42 Å². The summed E-state index contributed by atoms with van der Waals surface area (Å²) in [6.07, 6.45) is 2.93. The van der Waals surface area contributed by atoms with Crippen molar-refractivity contribution in [1.29, 1.82) is 0 Å². The monoisotopic (exact) mass is 268 g/mol. The van der Waals surface area contributed by atoms with E-state index >= 15 is 0 Å². The van der Waals surface area contributed by atoms with E-state index in [-0.39, 0.29) is 23.8 Å². The minimum Gasteiger partial charge on any atom is -0.338 e. The Morgan fingerprint density at radius 3 is 2.47 bits per heavy atom. The topological polar surface area (TPSA) is 41.1 Å². The van der Waals surface area contributed by atoms with Crippen LogP contribution in [0.2, 0.25) is 0 Å². The van der Waals surface area contributed by atoms with Crippen LogP contribution in [0.4, 0.5) is 13.6 Å². The van der Waals surface area contributed by atoms with Gasteiger partial charge in [0.05, 0.1) is 0 Å². The van der Waals surface area contributed by atoms with Gasteiger partial charge < -0.3 is 10.6 Å². The van der Waals surface area contributed by atoms with Crippen LogP contribution in [0.3, 0.4) is 0 Å². The van der Waals surface area contributed by atoms with Crippen LogP contribution in [0.5, 0.6) is 0 Å². The van der Waals surface area contributed by atoms with E-state index in [1.807, 2.05) is 0 Å². The van der Waals surface area contributed by atoms with E-state index in [1.165, 1.54) is 12.1 Å². The molecule has 5 heteroatoms. The van der Waals surface area contributed by atoms with Crippen LogP contribution in [0.15, 0.2) is 24.3 Å². The second kappa shape index (κ2) is 5.99. The predicted molar refractivity (Wildman–Crippen MR) is 69.1 cm³/mol. The minimum atomic E-state index is -0.561. The number of hydrogen-bond donors (Lipinski definition) is 2. The van der Waals surface area contributed by atoms with Crippen molar-refractivity contribution in [2.45, 2.75) is 19.3 Å². The molecular formula is C14H18F2N2O. The Hall–Kier alpha value is -1.65. The Kier molecular flexibility index (Phi) is 4.35. The molecule has 0 bridgehead atoms. The number of nitrogens with one attached hydrogen (secondary N) is 2. The van der Waals surface area contributed by atoms with Crippen molar-refractivity contribution in [3.8, 4) is 0 Å². The molecule has 0 atom stereocenters. The lowest BCUT2D eigenvalue weighted by molar-refractivity contribution is 0.237. The van der Waals surface area contributed by atoms with Gasteiger partial charge in [-0.3, -0.25) is 0 Å². The van der Waals surface area contributed by atoms with Gasteiger partial charge in [-0.05, 0) is 42.4 Å². The average molecular weight is 268 g/mol. The number of carbonyl (C=O) groups is 1. The standard InChI is InChI=1S/C14H18F2N2O/c15-7-8-17-13(19)18-10-14(5-6-14)9-11-1-3-12(16)4-2-11/h1-4H,5-10H2,(H2,17,18,19). The highest BCUT2D eigenvalue weighted by atomic mass is 19.1. The number of rotatable bonds is 6. The van der Waals surface area contributed by atoms with Crippen LogP contribution < -0.4 is 10.6 Å². The Labute approximate surface area is 111 Å². The van der Waals surface area contributed by atoms with Gasteiger partial charge in [0.1, 0.15) is 12.5 Å². The molecule has 0 saturated heterocycles. The summed E-state index contributed by atoms with van der Waals surface area (Å²) in [4.78, 5) is 11.3. The van der Waals surface area contributed by atoms with Crippen LogP contribution in [0, 0.1) is 11.2 Å². The van der Waals surface area contributed by atoms with Gasteiger partial charge in [-0.15, -0.1) is 0 Å². The van der Waals surface area contributed by atoms with Crippen molar-refractivity contribution < 1.29 is 13.6 Å². The zero-order valence-electron chi connectivity index (χ0n) is 10.7. The number of hydrogen-bond acceptors (Lipinski definition) is 1. The van der Waals surface area contributed by atoms with E-state index in [2.05, 4.69) is 10.6 Å². The van der Waals surface area contributed by atoms with Gasteiger partial charge in [-0.25, -0.2) is 13.6 Å². The zero-order chi connectivity index (χ0) is 13.7. The molecule has 0 aliphatic heterocycles. The minimum absolute atomic E-state index is 0.0385. The first-order chi connectivity index (χ1) is 9.13. The molecule has 0 spiro atoms. The predicted octanol–water partition coefficient (Wildman–Crippen LogP) is 2.42. The Bertz CT molecular complexity index is 430. The molecule has 0 heterocycles. The molecule has 0 radical (unpaired) electrons. The summed E-state index contributed by atoms with van der Waals surface area (Å²) in [6, 6.07) is 6.12. The smallest absolute Gasteiger partial charge is 0.314 e. The third-order valence-electron chi connectivity index (χ3n) is 3.45. The van der Waals surface area contributed by atoms with Crippen molar-refractivity contribution in [3.63, 3.8) is 0 Å². The number of amides is 2. The van der Waals surface area contributed by atoms with Crippen LogP contribution in [0.1, 0.15) is 18.4 Å². The van der Waals surface area contributed by atoms with E-state index < -0.39 is 6.67 Å². The molecule has 3 nitrogen and oxygen atoms in total. The molecule has 1 aliphatic carbocycles. The molecule has 2 N–H and O–H groups in total. The molecule has 1 aromatic carbocycles. The molecule has 1 saturated carbocycles. The van der Waals surface area contributed by atoms with E-state index in [0.29, 0.717) is 6.54 Å². The number of halogens is 2. The SMILES string of the molecule is O=C(NCCF)NCC1(Cc2ccc(F)cc2)CC1. The fourth-order valence-electron chi connectivity index (χ4n) is 2.12. The lowest BCUT2D eigenvalue weighted by Crippen LogP contribution is -2.40. The van der Waals surface area contributed by atoms with Crippen molar-refractivity contribution >= 4 is 6.03 Å².